The smallest absolute Gasteiger partial charge is 0.317 e. The van der Waals surface area contributed by atoms with E-state index in [1.54, 1.807) is 0 Å². The number of unbranched alkanes of at least 4 members (excludes halogenated alkanes) is 16. The minimum Gasteiger partial charge on any atom is -0.466 e. The summed E-state index contributed by atoms with van der Waals surface area (Å²) in [6.45, 7) is 9.64. The van der Waals surface area contributed by atoms with Crippen LogP contribution in [0.1, 0.15) is 187 Å². The molecular formula is C47H81NO9. The van der Waals surface area contributed by atoms with Crippen molar-refractivity contribution in [1.82, 2.24) is 4.90 Å². The first-order valence-corrected chi connectivity index (χ1v) is 22.9. The minimum absolute atomic E-state index is 0.0899. The van der Waals surface area contributed by atoms with Crippen LogP contribution in [0.3, 0.4) is 0 Å². The van der Waals surface area contributed by atoms with E-state index in [0.717, 1.165) is 56.9 Å². The molecule has 0 radical (unpaired) electrons. The molecule has 0 bridgehead atoms. The Hall–Kier alpha value is -2.98. The lowest BCUT2D eigenvalue weighted by Gasteiger charge is -2.22. The molecule has 1 aromatic carbocycles. The third kappa shape index (κ3) is 33.7. The second kappa shape index (κ2) is 38.5. The summed E-state index contributed by atoms with van der Waals surface area (Å²) in [6, 6.07) is 9.92. The molecule has 0 aliphatic heterocycles. The number of benzene rings is 1. The number of esters is 4. The molecule has 0 atom stereocenters. The van der Waals surface area contributed by atoms with E-state index in [9.17, 15) is 19.2 Å². The minimum atomic E-state index is -0.601. The van der Waals surface area contributed by atoms with Crippen molar-refractivity contribution >= 4 is 23.9 Å². The normalized spacial score (nSPS) is 11.2. The van der Waals surface area contributed by atoms with Crippen molar-refractivity contribution in [2.45, 2.75) is 194 Å². The Bertz CT molecular complexity index is 1100. The SMILES string of the molecule is CCCCCCCCOC(=O)CCCCC(=O)OCCN(CCOCc1ccccc1)CCOC(=O)CC(=O)OC(CCCCCCCC)CCCCCCCC. The fraction of sp³-hybridized carbons (Fsp3) is 0.787. The lowest BCUT2D eigenvalue weighted by Crippen LogP contribution is -2.35. The van der Waals surface area contributed by atoms with Crippen molar-refractivity contribution in [3.8, 4) is 0 Å². The van der Waals surface area contributed by atoms with Crippen LogP contribution in [0.4, 0.5) is 0 Å². The van der Waals surface area contributed by atoms with Crippen LogP contribution in [0.5, 0.6) is 0 Å². The van der Waals surface area contributed by atoms with Crippen molar-refractivity contribution in [3.63, 3.8) is 0 Å². The Morgan fingerprint density at radius 1 is 0.491 bits per heavy atom. The van der Waals surface area contributed by atoms with E-state index < -0.39 is 18.4 Å². The molecule has 10 nitrogen and oxygen atoms in total. The predicted octanol–water partition coefficient (Wildman–Crippen LogP) is 10.9. The molecule has 0 aromatic heterocycles. The van der Waals surface area contributed by atoms with Gasteiger partial charge >= 0.3 is 23.9 Å². The Morgan fingerprint density at radius 2 is 0.947 bits per heavy atom. The molecule has 0 spiro atoms. The highest BCUT2D eigenvalue weighted by Gasteiger charge is 2.19. The van der Waals surface area contributed by atoms with Gasteiger partial charge in [0.2, 0.25) is 0 Å². The summed E-state index contributed by atoms with van der Waals surface area (Å²) >= 11 is 0. The molecule has 57 heavy (non-hydrogen) atoms. The summed E-state index contributed by atoms with van der Waals surface area (Å²) < 4.78 is 28.0. The van der Waals surface area contributed by atoms with Gasteiger partial charge in [0.15, 0.2) is 0 Å². The van der Waals surface area contributed by atoms with Crippen LogP contribution in [-0.4, -0.2) is 80.9 Å². The third-order valence-electron chi connectivity index (χ3n) is 10.1. The maximum atomic E-state index is 12.8. The standard InChI is InChI=1S/C47H81NO9/c1-4-7-10-13-16-22-29-43(30-23-17-14-11-8-5-2)57-47(52)40-46(51)56-39-35-48(33-37-53-41-42-27-20-19-21-28-42)34-38-55-45(50)32-25-24-31-44(49)54-36-26-18-15-12-9-6-3/h19-21,27-28,43H,4-18,22-26,29-41H2,1-3H3. The van der Waals surface area contributed by atoms with Gasteiger partial charge in [0, 0.05) is 32.5 Å². The van der Waals surface area contributed by atoms with Gasteiger partial charge in [-0.2, -0.15) is 0 Å². The molecule has 10 heteroatoms. The van der Waals surface area contributed by atoms with Gasteiger partial charge in [0.25, 0.3) is 0 Å². The summed E-state index contributed by atoms with van der Waals surface area (Å²) in [5.41, 5.74) is 1.08. The van der Waals surface area contributed by atoms with Crippen molar-refractivity contribution in [2.75, 3.05) is 46.1 Å². The number of nitrogens with zero attached hydrogens (tertiary/aromatic N) is 1. The van der Waals surface area contributed by atoms with E-state index in [0.29, 0.717) is 58.7 Å². The maximum absolute atomic E-state index is 12.8. The van der Waals surface area contributed by atoms with E-state index in [2.05, 4.69) is 20.8 Å². The topological polar surface area (TPSA) is 118 Å². The molecule has 0 aliphatic carbocycles. The Labute approximate surface area is 346 Å². The second-order valence-corrected chi connectivity index (χ2v) is 15.4. The largest absolute Gasteiger partial charge is 0.466 e. The van der Waals surface area contributed by atoms with Crippen molar-refractivity contribution in [3.05, 3.63) is 35.9 Å². The molecule has 1 rings (SSSR count). The quantitative estimate of drug-likeness (QED) is 0.0275. The zero-order valence-electron chi connectivity index (χ0n) is 36.4. The summed E-state index contributed by atoms with van der Waals surface area (Å²) in [5.74, 6) is -1.65. The van der Waals surface area contributed by atoms with Crippen LogP contribution in [0.25, 0.3) is 0 Å². The number of hydrogen-bond donors (Lipinski definition) is 0. The Kier molecular flexibility index (Phi) is 35.2. The Balaban J connectivity index is 2.46. The first-order chi connectivity index (χ1) is 27.9. The first kappa shape index (κ1) is 52.0. The molecule has 0 saturated carbocycles. The van der Waals surface area contributed by atoms with Gasteiger partial charge in [0.1, 0.15) is 25.7 Å². The summed E-state index contributed by atoms with van der Waals surface area (Å²) in [6.07, 6.45) is 23.8. The number of rotatable bonds is 40. The van der Waals surface area contributed by atoms with Gasteiger partial charge in [-0.15, -0.1) is 0 Å². The van der Waals surface area contributed by atoms with Gasteiger partial charge in [-0.1, -0.05) is 147 Å². The van der Waals surface area contributed by atoms with Crippen molar-refractivity contribution in [2.24, 2.45) is 0 Å². The molecule has 0 amide bonds. The van der Waals surface area contributed by atoms with Gasteiger partial charge in [-0.3, -0.25) is 24.1 Å². The molecule has 0 heterocycles. The monoisotopic (exact) mass is 804 g/mol. The van der Waals surface area contributed by atoms with Crippen LogP contribution in [0.2, 0.25) is 0 Å². The lowest BCUT2D eigenvalue weighted by atomic mass is 10.0. The number of carbonyl (C=O) groups is 4. The van der Waals surface area contributed by atoms with Crippen LogP contribution >= 0.6 is 0 Å². The highest BCUT2D eigenvalue weighted by molar-refractivity contribution is 5.91. The highest BCUT2D eigenvalue weighted by Crippen LogP contribution is 2.18. The van der Waals surface area contributed by atoms with E-state index in [-0.39, 0.29) is 37.7 Å². The number of ether oxygens (including phenoxy) is 5. The zero-order chi connectivity index (χ0) is 41.4. The lowest BCUT2D eigenvalue weighted by molar-refractivity contribution is -0.158. The van der Waals surface area contributed by atoms with E-state index in [4.69, 9.17) is 23.7 Å². The maximum Gasteiger partial charge on any atom is 0.317 e. The molecule has 0 unspecified atom stereocenters. The first-order valence-electron chi connectivity index (χ1n) is 22.9. The average molecular weight is 804 g/mol. The fourth-order valence-corrected chi connectivity index (χ4v) is 6.59. The van der Waals surface area contributed by atoms with Crippen LogP contribution in [-0.2, 0) is 49.5 Å². The van der Waals surface area contributed by atoms with Crippen LogP contribution in [0, 0.1) is 0 Å². The molecule has 0 fully saturated rings. The molecule has 0 N–H and O–H groups in total. The fourth-order valence-electron chi connectivity index (χ4n) is 6.59. The highest BCUT2D eigenvalue weighted by atomic mass is 16.6. The summed E-state index contributed by atoms with van der Waals surface area (Å²) in [4.78, 5) is 51.9. The van der Waals surface area contributed by atoms with Crippen LogP contribution < -0.4 is 0 Å². The zero-order valence-corrected chi connectivity index (χ0v) is 36.4. The summed E-state index contributed by atoms with van der Waals surface area (Å²) in [7, 11) is 0. The van der Waals surface area contributed by atoms with Crippen molar-refractivity contribution in [1.29, 1.82) is 0 Å². The molecule has 0 saturated heterocycles. The van der Waals surface area contributed by atoms with E-state index >= 15 is 0 Å². The molecule has 1 aromatic rings. The second-order valence-electron chi connectivity index (χ2n) is 15.4. The molecule has 0 aliphatic rings. The van der Waals surface area contributed by atoms with Gasteiger partial charge in [-0.25, -0.2) is 0 Å². The van der Waals surface area contributed by atoms with Crippen molar-refractivity contribution < 1.29 is 42.9 Å². The summed E-state index contributed by atoms with van der Waals surface area (Å²) in [5, 5.41) is 0. The van der Waals surface area contributed by atoms with Gasteiger partial charge in [-0.05, 0) is 50.5 Å². The predicted molar refractivity (Wildman–Crippen MR) is 228 cm³/mol. The number of carbonyl (C=O) groups excluding carboxylic acids is 4. The van der Waals surface area contributed by atoms with E-state index in [1.807, 2.05) is 35.2 Å². The number of hydrogen-bond acceptors (Lipinski definition) is 10. The molecular weight excluding hydrogens is 723 g/mol. The Morgan fingerprint density at radius 3 is 1.49 bits per heavy atom. The average Bonchev–Trinajstić information content (AvgIpc) is 3.20. The van der Waals surface area contributed by atoms with Gasteiger partial charge in [0.05, 0.1) is 19.8 Å². The van der Waals surface area contributed by atoms with E-state index in [1.165, 1.54) is 77.0 Å². The van der Waals surface area contributed by atoms with Crippen LogP contribution in [0.15, 0.2) is 30.3 Å². The van der Waals surface area contributed by atoms with Gasteiger partial charge < -0.3 is 23.7 Å². The third-order valence-corrected chi connectivity index (χ3v) is 10.1. The molecule has 328 valence electrons.